The zero-order chi connectivity index (χ0) is 13.7. The van der Waals surface area contributed by atoms with Crippen molar-refractivity contribution >= 4 is 23.4 Å². The van der Waals surface area contributed by atoms with Crippen molar-refractivity contribution in [3.8, 4) is 0 Å². The maximum Gasteiger partial charge on any atom is 0.339 e. The summed E-state index contributed by atoms with van der Waals surface area (Å²) in [4.78, 5) is 16.5. The molecular weight excluding hydrogens is 260 g/mol. The summed E-state index contributed by atoms with van der Waals surface area (Å²) in [7, 11) is 1.35. The van der Waals surface area contributed by atoms with Crippen LogP contribution in [0.1, 0.15) is 16.1 Å². The minimum absolute atomic E-state index is 0.376. The molecule has 2 N–H and O–H groups in total. The maximum absolute atomic E-state index is 11.3. The third-order valence-electron chi connectivity index (χ3n) is 2.54. The van der Waals surface area contributed by atoms with E-state index in [9.17, 15) is 4.79 Å². The number of anilines is 1. The van der Waals surface area contributed by atoms with Crippen LogP contribution < -0.4 is 5.73 Å². The molecule has 0 aliphatic carbocycles. The summed E-state index contributed by atoms with van der Waals surface area (Å²) in [5.74, 6) is 0.328. The van der Waals surface area contributed by atoms with Crippen molar-refractivity contribution in [2.24, 2.45) is 0 Å². The Balaban J connectivity index is 2.01. The molecule has 5 heteroatoms. The Morgan fingerprint density at radius 1 is 1.32 bits per heavy atom. The van der Waals surface area contributed by atoms with Gasteiger partial charge in [-0.05, 0) is 24.3 Å². The number of pyridine rings is 1. The molecule has 1 aromatic carbocycles. The van der Waals surface area contributed by atoms with E-state index in [1.165, 1.54) is 13.3 Å². The summed E-state index contributed by atoms with van der Waals surface area (Å²) < 4.78 is 4.62. The van der Waals surface area contributed by atoms with E-state index in [0.717, 1.165) is 16.3 Å². The Morgan fingerprint density at radius 2 is 2.11 bits per heavy atom. The van der Waals surface area contributed by atoms with Crippen LogP contribution in [0.25, 0.3) is 0 Å². The quantitative estimate of drug-likeness (QED) is 0.527. The molecule has 2 rings (SSSR count). The summed E-state index contributed by atoms with van der Waals surface area (Å²) in [6, 6.07) is 11.2. The van der Waals surface area contributed by atoms with E-state index in [1.807, 2.05) is 30.3 Å². The largest absolute Gasteiger partial charge is 0.465 e. The van der Waals surface area contributed by atoms with Gasteiger partial charge in [0.05, 0.1) is 18.4 Å². The van der Waals surface area contributed by atoms with Gasteiger partial charge in [0.2, 0.25) is 0 Å². The Labute approximate surface area is 116 Å². The number of rotatable bonds is 4. The second-order valence-corrected chi connectivity index (χ2v) is 4.87. The predicted octanol–water partition coefficient (Wildman–Crippen LogP) is 2.74. The van der Waals surface area contributed by atoms with Crippen molar-refractivity contribution in [1.29, 1.82) is 0 Å². The number of carbonyl (C=O) groups is 1. The number of esters is 1. The molecule has 0 atom stereocenters. The molecule has 0 saturated heterocycles. The lowest BCUT2D eigenvalue weighted by atomic mass is 10.2. The summed E-state index contributed by atoms with van der Waals surface area (Å²) in [6.07, 6.45) is 1.52. The summed E-state index contributed by atoms with van der Waals surface area (Å²) in [6.45, 7) is 0. The van der Waals surface area contributed by atoms with Crippen LogP contribution in [0.5, 0.6) is 0 Å². The number of thioether (sulfide) groups is 1. The van der Waals surface area contributed by atoms with Crippen LogP contribution in [0, 0.1) is 0 Å². The molecule has 98 valence electrons. The van der Waals surface area contributed by atoms with Crippen molar-refractivity contribution < 1.29 is 9.53 Å². The topological polar surface area (TPSA) is 65.2 Å². The molecule has 0 bridgehead atoms. The maximum atomic E-state index is 11.3. The molecule has 2 aromatic rings. The van der Waals surface area contributed by atoms with E-state index in [4.69, 9.17) is 5.73 Å². The molecule has 0 amide bonds. The summed E-state index contributed by atoms with van der Waals surface area (Å²) >= 11 is 1.62. The smallest absolute Gasteiger partial charge is 0.339 e. The Kier molecular flexibility index (Phi) is 4.41. The number of nitrogen functional groups attached to an aromatic ring is 1. The van der Waals surface area contributed by atoms with E-state index in [1.54, 1.807) is 17.8 Å². The Morgan fingerprint density at radius 3 is 2.74 bits per heavy atom. The first kappa shape index (κ1) is 13.4. The molecule has 1 heterocycles. The van der Waals surface area contributed by atoms with Crippen LogP contribution in [0.2, 0.25) is 0 Å². The molecule has 1 aromatic heterocycles. The van der Waals surface area contributed by atoms with Gasteiger partial charge in [0.25, 0.3) is 0 Å². The number of methoxy groups -OCH3 is 1. The van der Waals surface area contributed by atoms with Crippen LogP contribution in [0.3, 0.4) is 0 Å². The fourth-order valence-electron chi connectivity index (χ4n) is 1.51. The molecule has 0 fully saturated rings. The van der Waals surface area contributed by atoms with E-state index in [0.29, 0.717) is 11.3 Å². The van der Waals surface area contributed by atoms with E-state index >= 15 is 0 Å². The van der Waals surface area contributed by atoms with Gasteiger partial charge in [-0.2, -0.15) is 0 Å². The molecule has 0 saturated carbocycles. The lowest BCUT2D eigenvalue weighted by Gasteiger charge is -2.05. The van der Waals surface area contributed by atoms with Gasteiger partial charge in [-0.25, -0.2) is 4.79 Å². The van der Waals surface area contributed by atoms with Crippen LogP contribution in [-0.2, 0) is 10.5 Å². The lowest BCUT2D eigenvalue weighted by molar-refractivity contribution is 0.0600. The number of hydrogen-bond acceptors (Lipinski definition) is 5. The van der Waals surface area contributed by atoms with E-state index in [-0.39, 0.29) is 5.97 Å². The second-order valence-electron chi connectivity index (χ2n) is 3.86. The predicted molar refractivity (Wildman–Crippen MR) is 76.0 cm³/mol. The van der Waals surface area contributed by atoms with Crippen molar-refractivity contribution in [1.82, 2.24) is 4.98 Å². The number of nitrogens with zero attached hydrogens (tertiary/aromatic N) is 1. The van der Waals surface area contributed by atoms with E-state index < -0.39 is 0 Å². The number of benzene rings is 1. The van der Waals surface area contributed by atoms with Gasteiger partial charge in [-0.1, -0.05) is 12.1 Å². The van der Waals surface area contributed by atoms with Gasteiger partial charge in [-0.3, -0.25) is 4.98 Å². The number of hydrogen-bond donors (Lipinski definition) is 1. The van der Waals surface area contributed by atoms with Crippen molar-refractivity contribution in [3.05, 3.63) is 53.9 Å². The molecule has 0 aliphatic rings. The first-order chi connectivity index (χ1) is 9.20. The van der Waals surface area contributed by atoms with E-state index in [2.05, 4.69) is 9.72 Å². The minimum Gasteiger partial charge on any atom is -0.465 e. The minimum atomic E-state index is -0.376. The van der Waals surface area contributed by atoms with Crippen molar-refractivity contribution in [3.63, 3.8) is 0 Å². The molecule has 0 radical (unpaired) electrons. The third kappa shape index (κ3) is 3.48. The standard InChI is InChI=1S/C14H14N2O2S/c1-18-14(17)10-6-7-11(16-8-10)9-19-13-5-3-2-4-12(13)15/h2-8H,9,15H2,1H3. The monoisotopic (exact) mass is 274 g/mol. The molecule has 0 unspecified atom stereocenters. The molecule has 19 heavy (non-hydrogen) atoms. The highest BCUT2D eigenvalue weighted by molar-refractivity contribution is 7.98. The van der Waals surface area contributed by atoms with Gasteiger partial charge in [0, 0.05) is 22.5 Å². The first-order valence-electron chi connectivity index (χ1n) is 5.71. The average molecular weight is 274 g/mol. The number of carbonyl (C=O) groups excluding carboxylic acids is 1. The van der Waals surface area contributed by atoms with Gasteiger partial charge < -0.3 is 10.5 Å². The van der Waals surface area contributed by atoms with Crippen LogP contribution in [0.4, 0.5) is 5.69 Å². The number of para-hydroxylation sites is 1. The molecule has 0 spiro atoms. The SMILES string of the molecule is COC(=O)c1ccc(CSc2ccccc2N)nc1. The highest BCUT2D eigenvalue weighted by Crippen LogP contribution is 2.27. The Bertz CT molecular complexity index is 570. The zero-order valence-electron chi connectivity index (χ0n) is 10.5. The Hall–Kier alpha value is -2.01. The summed E-state index contributed by atoms with van der Waals surface area (Å²) in [5.41, 5.74) is 7.97. The third-order valence-corrected chi connectivity index (χ3v) is 3.66. The van der Waals surface area contributed by atoms with Gasteiger partial charge in [0.15, 0.2) is 0 Å². The highest BCUT2D eigenvalue weighted by Gasteiger charge is 2.06. The number of aromatic nitrogens is 1. The fraction of sp³-hybridized carbons (Fsp3) is 0.143. The van der Waals surface area contributed by atoms with Crippen LogP contribution >= 0.6 is 11.8 Å². The van der Waals surface area contributed by atoms with Crippen LogP contribution in [-0.4, -0.2) is 18.1 Å². The van der Waals surface area contributed by atoms with Gasteiger partial charge in [-0.15, -0.1) is 11.8 Å². The fourth-order valence-corrected chi connectivity index (χ4v) is 2.40. The normalized spacial score (nSPS) is 10.2. The van der Waals surface area contributed by atoms with Crippen LogP contribution in [0.15, 0.2) is 47.5 Å². The first-order valence-corrected chi connectivity index (χ1v) is 6.70. The highest BCUT2D eigenvalue weighted by atomic mass is 32.2. The lowest BCUT2D eigenvalue weighted by Crippen LogP contribution is -2.02. The average Bonchev–Trinajstić information content (AvgIpc) is 2.46. The zero-order valence-corrected chi connectivity index (χ0v) is 11.3. The molecule has 0 aliphatic heterocycles. The molecule has 4 nitrogen and oxygen atoms in total. The molecular formula is C14H14N2O2S. The van der Waals surface area contributed by atoms with Gasteiger partial charge >= 0.3 is 5.97 Å². The van der Waals surface area contributed by atoms with Gasteiger partial charge in [0.1, 0.15) is 0 Å². The summed E-state index contributed by atoms with van der Waals surface area (Å²) in [5, 5.41) is 0. The van der Waals surface area contributed by atoms with Crippen molar-refractivity contribution in [2.75, 3.05) is 12.8 Å². The van der Waals surface area contributed by atoms with Crippen molar-refractivity contribution in [2.45, 2.75) is 10.6 Å². The number of nitrogens with two attached hydrogens (primary N) is 1. The number of ether oxygens (including phenoxy) is 1. The second kappa shape index (κ2) is 6.24.